The molecule has 2 N–H and O–H groups in total. The Morgan fingerprint density at radius 3 is 2.45 bits per heavy atom. The Hall–Kier alpha value is -2.11. The molecule has 0 saturated carbocycles. The molecule has 0 aromatic heterocycles. The van der Waals surface area contributed by atoms with Crippen LogP contribution in [-0.4, -0.2) is 25.4 Å². The van der Waals surface area contributed by atoms with E-state index in [1.807, 2.05) is 18.2 Å². The number of halogens is 1. The molecule has 0 atom stereocenters. The average Bonchev–Trinajstić information content (AvgIpc) is 2.55. The highest BCUT2D eigenvalue weighted by Gasteiger charge is 2.06. The predicted octanol–water partition coefficient (Wildman–Crippen LogP) is 2.50. The summed E-state index contributed by atoms with van der Waals surface area (Å²) in [6.45, 7) is 1.65. The largest absolute Gasteiger partial charge is 0.493 e. The molecule has 0 fully saturated rings. The smallest absolute Gasteiger partial charge is 0.161 e. The molecule has 0 unspecified atom stereocenters. The zero-order valence-corrected chi connectivity index (χ0v) is 12.5. The van der Waals surface area contributed by atoms with Crippen molar-refractivity contribution in [2.24, 2.45) is 0 Å². The van der Waals surface area contributed by atoms with E-state index in [2.05, 4.69) is 5.32 Å². The van der Waals surface area contributed by atoms with Crippen LogP contribution in [0.15, 0.2) is 42.5 Å². The van der Waals surface area contributed by atoms with Crippen molar-refractivity contribution in [3.05, 3.63) is 59.4 Å². The number of hydrogen-bond donors (Lipinski definition) is 2. The summed E-state index contributed by atoms with van der Waals surface area (Å²) in [7, 11) is 1.59. The third-order valence-corrected chi connectivity index (χ3v) is 3.15. The molecule has 118 valence electrons. The van der Waals surface area contributed by atoms with Gasteiger partial charge in [0.1, 0.15) is 12.4 Å². The summed E-state index contributed by atoms with van der Waals surface area (Å²) in [4.78, 5) is 0. The van der Waals surface area contributed by atoms with Crippen molar-refractivity contribution in [2.45, 2.75) is 13.2 Å². The molecule has 0 spiro atoms. The molecular formula is C17H20FNO3. The lowest BCUT2D eigenvalue weighted by molar-refractivity contribution is 0.283. The fourth-order valence-corrected chi connectivity index (χ4v) is 1.99. The highest BCUT2D eigenvalue weighted by Crippen LogP contribution is 2.28. The summed E-state index contributed by atoms with van der Waals surface area (Å²) in [5.74, 6) is 1.02. The van der Waals surface area contributed by atoms with Gasteiger partial charge in [0.05, 0.1) is 13.7 Å². The maximum Gasteiger partial charge on any atom is 0.161 e. The minimum Gasteiger partial charge on any atom is -0.493 e. The first-order valence-corrected chi connectivity index (χ1v) is 7.08. The molecule has 5 heteroatoms. The molecule has 2 aromatic carbocycles. The number of aliphatic hydroxyl groups excluding tert-OH is 1. The topological polar surface area (TPSA) is 50.7 Å². The van der Waals surface area contributed by atoms with E-state index >= 15 is 0 Å². The van der Waals surface area contributed by atoms with E-state index in [0.29, 0.717) is 31.2 Å². The van der Waals surface area contributed by atoms with E-state index in [4.69, 9.17) is 14.6 Å². The van der Waals surface area contributed by atoms with Gasteiger partial charge >= 0.3 is 0 Å². The second-order valence-electron chi connectivity index (χ2n) is 4.80. The highest BCUT2D eigenvalue weighted by molar-refractivity contribution is 5.43. The molecule has 0 aliphatic rings. The van der Waals surface area contributed by atoms with Crippen LogP contribution in [-0.2, 0) is 13.2 Å². The second kappa shape index (κ2) is 8.36. The second-order valence-corrected chi connectivity index (χ2v) is 4.80. The van der Waals surface area contributed by atoms with Crippen molar-refractivity contribution >= 4 is 0 Å². The van der Waals surface area contributed by atoms with Crippen LogP contribution >= 0.6 is 0 Å². The molecule has 4 nitrogen and oxygen atoms in total. The average molecular weight is 305 g/mol. The number of benzene rings is 2. The molecule has 0 radical (unpaired) electrons. The lowest BCUT2D eigenvalue weighted by Crippen LogP contribution is -2.17. The van der Waals surface area contributed by atoms with Crippen molar-refractivity contribution in [1.29, 1.82) is 0 Å². The minimum atomic E-state index is -0.263. The third-order valence-electron chi connectivity index (χ3n) is 3.15. The quantitative estimate of drug-likeness (QED) is 0.736. The van der Waals surface area contributed by atoms with Crippen LogP contribution in [0.2, 0.25) is 0 Å². The monoisotopic (exact) mass is 305 g/mol. The van der Waals surface area contributed by atoms with Crippen LogP contribution in [0.4, 0.5) is 4.39 Å². The van der Waals surface area contributed by atoms with Gasteiger partial charge in [0.15, 0.2) is 11.5 Å². The van der Waals surface area contributed by atoms with Crippen LogP contribution in [0.1, 0.15) is 11.1 Å². The van der Waals surface area contributed by atoms with Crippen LogP contribution in [0.25, 0.3) is 0 Å². The van der Waals surface area contributed by atoms with Crippen LogP contribution < -0.4 is 14.8 Å². The first kappa shape index (κ1) is 16.3. The van der Waals surface area contributed by atoms with E-state index in [9.17, 15) is 4.39 Å². The molecule has 22 heavy (non-hydrogen) atoms. The summed E-state index contributed by atoms with van der Waals surface area (Å²) in [6, 6.07) is 11.9. The first-order chi connectivity index (χ1) is 10.7. The van der Waals surface area contributed by atoms with E-state index in [1.54, 1.807) is 19.2 Å². The SMILES string of the molecule is COc1cc(CNCCO)ccc1OCc1ccc(F)cc1. The van der Waals surface area contributed by atoms with Gasteiger partial charge in [0.25, 0.3) is 0 Å². The molecule has 0 aliphatic carbocycles. The van der Waals surface area contributed by atoms with Gasteiger partial charge in [-0.1, -0.05) is 18.2 Å². The van der Waals surface area contributed by atoms with Gasteiger partial charge in [-0.25, -0.2) is 4.39 Å². The standard InChI is InChI=1S/C17H20FNO3/c1-21-17-10-14(11-19-8-9-20)4-7-16(17)22-12-13-2-5-15(18)6-3-13/h2-7,10,19-20H,8-9,11-12H2,1H3. The summed E-state index contributed by atoms with van der Waals surface area (Å²) >= 11 is 0. The van der Waals surface area contributed by atoms with E-state index in [0.717, 1.165) is 11.1 Å². The van der Waals surface area contributed by atoms with Gasteiger partial charge in [-0.2, -0.15) is 0 Å². The summed E-state index contributed by atoms with van der Waals surface area (Å²) in [5.41, 5.74) is 1.93. The Labute approximate surface area is 129 Å². The number of nitrogens with one attached hydrogen (secondary N) is 1. The molecule has 0 saturated heterocycles. The lowest BCUT2D eigenvalue weighted by atomic mass is 10.2. The highest BCUT2D eigenvalue weighted by atomic mass is 19.1. The van der Waals surface area contributed by atoms with Crippen molar-refractivity contribution in [3.8, 4) is 11.5 Å². The maximum atomic E-state index is 12.9. The molecule has 0 bridgehead atoms. The Morgan fingerprint density at radius 1 is 1.05 bits per heavy atom. The number of methoxy groups -OCH3 is 1. The Morgan fingerprint density at radius 2 is 1.77 bits per heavy atom. The number of hydrogen-bond acceptors (Lipinski definition) is 4. The number of rotatable bonds is 8. The Kier molecular flexibility index (Phi) is 6.18. The predicted molar refractivity (Wildman–Crippen MR) is 82.5 cm³/mol. The maximum absolute atomic E-state index is 12.9. The van der Waals surface area contributed by atoms with Crippen molar-refractivity contribution in [3.63, 3.8) is 0 Å². The Balaban J connectivity index is 1.99. The third kappa shape index (κ3) is 4.72. The van der Waals surface area contributed by atoms with Crippen molar-refractivity contribution in [1.82, 2.24) is 5.32 Å². The van der Waals surface area contributed by atoms with Crippen LogP contribution in [0, 0.1) is 5.82 Å². The van der Waals surface area contributed by atoms with Crippen molar-refractivity contribution < 1.29 is 19.0 Å². The lowest BCUT2D eigenvalue weighted by Gasteiger charge is -2.12. The molecule has 2 rings (SSSR count). The minimum absolute atomic E-state index is 0.107. The summed E-state index contributed by atoms with van der Waals surface area (Å²) < 4.78 is 23.9. The van der Waals surface area contributed by atoms with Gasteiger partial charge in [-0.05, 0) is 35.4 Å². The normalized spacial score (nSPS) is 10.5. The van der Waals surface area contributed by atoms with Gasteiger partial charge in [-0.15, -0.1) is 0 Å². The zero-order chi connectivity index (χ0) is 15.8. The van der Waals surface area contributed by atoms with Gasteiger partial charge < -0.3 is 19.9 Å². The number of ether oxygens (including phenoxy) is 2. The van der Waals surface area contributed by atoms with Crippen LogP contribution in [0.5, 0.6) is 11.5 Å². The molecule has 2 aromatic rings. The fraction of sp³-hybridized carbons (Fsp3) is 0.294. The van der Waals surface area contributed by atoms with Gasteiger partial charge in [0.2, 0.25) is 0 Å². The fourth-order valence-electron chi connectivity index (χ4n) is 1.99. The summed E-state index contributed by atoms with van der Waals surface area (Å²) in [5, 5.41) is 11.9. The van der Waals surface area contributed by atoms with E-state index < -0.39 is 0 Å². The number of aliphatic hydroxyl groups is 1. The molecule has 0 aliphatic heterocycles. The van der Waals surface area contributed by atoms with E-state index in [-0.39, 0.29) is 12.4 Å². The molecule has 0 amide bonds. The molecular weight excluding hydrogens is 285 g/mol. The van der Waals surface area contributed by atoms with Gasteiger partial charge in [0, 0.05) is 13.1 Å². The van der Waals surface area contributed by atoms with E-state index in [1.165, 1.54) is 12.1 Å². The van der Waals surface area contributed by atoms with Crippen LogP contribution in [0.3, 0.4) is 0 Å². The summed E-state index contributed by atoms with van der Waals surface area (Å²) in [6.07, 6.45) is 0. The van der Waals surface area contributed by atoms with Gasteiger partial charge in [-0.3, -0.25) is 0 Å². The Bertz CT molecular complexity index is 587. The molecule has 0 heterocycles. The zero-order valence-electron chi connectivity index (χ0n) is 12.5. The van der Waals surface area contributed by atoms with Crippen molar-refractivity contribution in [2.75, 3.05) is 20.3 Å². The first-order valence-electron chi connectivity index (χ1n) is 7.08.